The third kappa shape index (κ3) is 18.3. The van der Waals surface area contributed by atoms with Crippen LogP contribution < -0.4 is 0 Å². The summed E-state index contributed by atoms with van der Waals surface area (Å²) in [5.74, 6) is -1.73. The molecular weight excluding hydrogens is 420 g/mol. The Bertz CT molecular complexity index is 605. The van der Waals surface area contributed by atoms with Crippen LogP contribution >= 0.6 is 0 Å². The number of carbonyl (C=O) groups excluding carboxylic acids is 5. The largest absolute Gasteiger partial charge is 0.466 e. The highest BCUT2D eigenvalue weighted by Gasteiger charge is 2.19. The van der Waals surface area contributed by atoms with Gasteiger partial charge in [0.05, 0.1) is 26.1 Å². The first-order valence-corrected chi connectivity index (χ1v) is 11.2. The van der Waals surface area contributed by atoms with Crippen LogP contribution in [0.3, 0.4) is 0 Å². The zero-order valence-corrected chi connectivity index (χ0v) is 19.9. The Morgan fingerprint density at radius 1 is 0.562 bits per heavy atom. The maximum Gasteiger partial charge on any atom is 0.309 e. The highest BCUT2D eigenvalue weighted by Crippen LogP contribution is 2.18. The number of ketones is 1. The molecule has 0 aromatic rings. The van der Waals surface area contributed by atoms with Crippen molar-refractivity contribution in [3.05, 3.63) is 0 Å². The predicted octanol–water partition coefficient (Wildman–Crippen LogP) is 3.65. The second-order valence-electron chi connectivity index (χ2n) is 8.51. The lowest BCUT2D eigenvalue weighted by Crippen LogP contribution is -2.19. The summed E-state index contributed by atoms with van der Waals surface area (Å²) in [4.78, 5) is 56.9. The molecule has 0 saturated heterocycles. The topological polar surface area (TPSA) is 122 Å². The molecule has 0 heterocycles. The van der Waals surface area contributed by atoms with E-state index in [1.54, 1.807) is 0 Å². The average Bonchev–Trinajstić information content (AvgIpc) is 2.70. The van der Waals surface area contributed by atoms with Gasteiger partial charge in [0.25, 0.3) is 0 Å². The number of Topliss-reactive ketones (excluding diaryl/α,β-unsaturated/α-hetero) is 1. The average molecular weight is 459 g/mol. The monoisotopic (exact) mass is 458 g/mol. The minimum atomic E-state index is -0.653. The number of ether oxygens (including phenoxy) is 4. The molecule has 0 amide bonds. The quantitative estimate of drug-likeness (QED) is 0.139. The number of rotatable bonds is 17. The van der Waals surface area contributed by atoms with Crippen LogP contribution in [-0.4, -0.2) is 49.7 Å². The molecule has 0 bridgehead atoms. The van der Waals surface area contributed by atoms with Crippen LogP contribution in [0.25, 0.3) is 0 Å². The van der Waals surface area contributed by atoms with Crippen molar-refractivity contribution < 1.29 is 42.9 Å². The summed E-state index contributed by atoms with van der Waals surface area (Å²) >= 11 is 0. The Morgan fingerprint density at radius 2 is 1.03 bits per heavy atom. The van der Waals surface area contributed by atoms with Crippen molar-refractivity contribution in [1.29, 1.82) is 0 Å². The van der Waals surface area contributed by atoms with Gasteiger partial charge < -0.3 is 18.9 Å². The fraction of sp³-hybridized carbons (Fsp3) is 0.783. The second kappa shape index (κ2) is 17.1. The first-order chi connectivity index (χ1) is 15.0. The van der Waals surface area contributed by atoms with E-state index in [1.807, 2.05) is 20.8 Å². The van der Waals surface area contributed by atoms with E-state index in [2.05, 4.69) is 9.47 Å². The van der Waals surface area contributed by atoms with E-state index in [1.165, 1.54) is 6.92 Å². The molecule has 9 nitrogen and oxygen atoms in total. The lowest BCUT2D eigenvalue weighted by molar-refractivity contribution is -0.167. The Morgan fingerprint density at radius 3 is 1.53 bits per heavy atom. The number of carbonyl (C=O) groups is 5. The van der Waals surface area contributed by atoms with Crippen LogP contribution in [-0.2, 0) is 42.9 Å². The smallest absolute Gasteiger partial charge is 0.309 e. The van der Waals surface area contributed by atoms with Crippen LogP contribution in [0, 0.1) is 5.41 Å². The molecule has 0 aromatic heterocycles. The summed E-state index contributed by atoms with van der Waals surface area (Å²) in [5.41, 5.74) is -0.299. The number of esters is 4. The zero-order chi connectivity index (χ0) is 24.4. The molecule has 0 unspecified atom stereocenters. The van der Waals surface area contributed by atoms with Crippen LogP contribution in [0.15, 0.2) is 0 Å². The second-order valence-corrected chi connectivity index (χ2v) is 8.51. The highest BCUT2D eigenvalue weighted by molar-refractivity contribution is 5.83. The van der Waals surface area contributed by atoms with Crippen molar-refractivity contribution in [2.24, 2.45) is 5.41 Å². The molecule has 0 N–H and O–H groups in total. The molecule has 0 aliphatic rings. The third-order valence-electron chi connectivity index (χ3n) is 4.45. The summed E-state index contributed by atoms with van der Waals surface area (Å²) in [6, 6.07) is 0. The molecule has 184 valence electrons. The van der Waals surface area contributed by atoms with Gasteiger partial charge in [-0.2, -0.15) is 0 Å². The molecule has 0 rings (SSSR count). The summed E-state index contributed by atoms with van der Waals surface area (Å²) in [5, 5.41) is 0. The normalized spacial score (nSPS) is 10.9. The molecular formula is C23H38O9. The fourth-order valence-electron chi connectivity index (χ4n) is 2.46. The molecule has 0 aromatic carbocycles. The fourth-order valence-corrected chi connectivity index (χ4v) is 2.46. The van der Waals surface area contributed by atoms with Gasteiger partial charge >= 0.3 is 23.9 Å². The van der Waals surface area contributed by atoms with Crippen molar-refractivity contribution >= 4 is 29.7 Å². The van der Waals surface area contributed by atoms with E-state index in [0.29, 0.717) is 38.7 Å². The molecule has 0 atom stereocenters. The minimum absolute atomic E-state index is 0.115. The zero-order valence-electron chi connectivity index (χ0n) is 19.9. The summed E-state index contributed by atoms with van der Waals surface area (Å²) in [6.07, 6.45) is 4.96. The Hall–Kier alpha value is -2.45. The van der Waals surface area contributed by atoms with Crippen molar-refractivity contribution in [2.45, 2.75) is 91.9 Å². The van der Waals surface area contributed by atoms with E-state index < -0.39 is 24.7 Å². The predicted molar refractivity (Wildman–Crippen MR) is 115 cm³/mol. The van der Waals surface area contributed by atoms with Gasteiger partial charge in [-0.1, -0.05) is 20.8 Å². The number of hydrogen-bond donors (Lipinski definition) is 0. The van der Waals surface area contributed by atoms with E-state index in [-0.39, 0.29) is 36.6 Å². The SMILES string of the molecule is CC(=O)OCOC(=O)CCC(=O)OCCCCCC(=O)OCCCCCC(=O)C(C)(C)C. The lowest BCUT2D eigenvalue weighted by Gasteiger charge is -2.16. The van der Waals surface area contributed by atoms with E-state index in [0.717, 1.165) is 19.3 Å². The van der Waals surface area contributed by atoms with Crippen molar-refractivity contribution in [2.75, 3.05) is 20.0 Å². The Balaban J connectivity index is 3.53. The standard InChI is InChI=1S/C23H38O9/c1-18(24)31-17-32-22(28)14-13-21(27)30-16-10-6-8-12-20(26)29-15-9-5-7-11-19(25)23(2,3)4/h5-17H2,1-4H3. The van der Waals surface area contributed by atoms with Gasteiger partial charge in [-0.25, -0.2) is 0 Å². The molecule has 9 heteroatoms. The molecule has 0 fully saturated rings. The first kappa shape index (κ1) is 29.5. The van der Waals surface area contributed by atoms with Crippen LogP contribution in [0.1, 0.15) is 91.9 Å². The molecule has 0 aliphatic carbocycles. The Kier molecular flexibility index (Phi) is 15.8. The van der Waals surface area contributed by atoms with E-state index >= 15 is 0 Å². The maximum atomic E-state index is 11.8. The van der Waals surface area contributed by atoms with E-state index in [9.17, 15) is 24.0 Å². The summed E-state index contributed by atoms with van der Waals surface area (Å²) < 4.78 is 19.2. The number of unbranched alkanes of at least 4 members (excludes halogenated alkanes) is 4. The van der Waals surface area contributed by atoms with Crippen molar-refractivity contribution in [3.8, 4) is 0 Å². The molecule has 32 heavy (non-hydrogen) atoms. The molecule has 0 radical (unpaired) electrons. The van der Waals surface area contributed by atoms with Gasteiger partial charge in [-0.05, 0) is 38.5 Å². The molecule has 0 aliphatic heterocycles. The van der Waals surface area contributed by atoms with Crippen LogP contribution in [0.2, 0.25) is 0 Å². The number of hydrogen-bond acceptors (Lipinski definition) is 9. The summed E-state index contributed by atoms with van der Waals surface area (Å²) in [7, 11) is 0. The molecule has 0 saturated carbocycles. The Labute approximate surface area is 190 Å². The van der Waals surface area contributed by atoms with Gasteiger partial charge in [0, 0.05) is 25.2 Å². The molecule has 0 spiro atoms. The third-order valence-corrected chi connectivity index (χ3v) is 4.45. The van der Waals surface area contributed by atoms with Gasteiger partial charge in [0.15, 0.2) is 0 Å². The van der Waals surface area contributed by atoms with E-state index in [4.69, 9.17) is 9.47 Å². The lowest BCUT2D eigenvalue weighted by atomic mass is 9.88. The van der Waals surface area contributed by atoms with Gasteiger partial charge in [0.2, 0.25) is 6.79 Å². The minimum Gasteiger partial charge on any atom is -0.466 e. The van der Waals surface area contributed by atoms with Crippen LogP contribution in [0.5, 0.6) is 0 Å². The van der Waals surface area contributed by atoms with Gasteiger partial charge in [-0.15, -0.1) is 0 Å². The van der Waals surface area contributed by atoms with Gasteiger partial charge in [-0.3, -0.25) is 24.0 Å². The van der Waals surface area contributed by atoms with Crippen LogP contribution in [0.4, 0.5) is 0 Å². The van der Waals surface area contributed by atoms with Crippen molar-refractivity contribution in [1.82, 2.24) is 0 Å². The summed E-state index contributed by atoms with van der Waals surface area (Å²) in [6.45, 7) is 7.04. The highest BCUT2D eigenvalue weighted by atomic mass is 16.7. The van der Waals surface area contributed by atoms with Gasteiger partial charge in [0.1, 0.15) is 5.78 Å². The van der Waals surface area contributed by atoms with Crippen molar-refractivity contribution in [3.63, 3.8) is 0 Å². The maximum absolute atomic E-state index is 11.8. The first-order valence-electron chi connectivity index (χ1n) is 11.2.